The van der Waals surface area contributed by atoms with E-state index < -0.39 is 34.6 Å². The molecule has 1 amide bonds. The maximum absolute atomic E-state index is 14.0. The largest absolute Gasteiger partial charge is 0.468 e. The third kappa shape index (κ3) is 4.78. The van der Waals surface area contributed by atoms with E-state index in [0.717, 1.165) is 23.9 Å². The molecule has 2 aromatic rings. The molecule has 0 saturated carbocycles. The fraction of sp³-hybridized carbons (Fsp3) is 0.222. The van der Waals surface area contributed by atoms with Gasteiger partial charge in [-0.05, 0) is 30.7 Å². The van der Waals surface area contributed by atoms with Crippen LogP contribution < -0.4 is 5.32 Å². The van der Waals surface area contributed by atoms with Crippen LogP contribution in [0.4, 0.5) is 18.9 Å². The van der Waals surface area contributed by atoms with E-state index in [1.54, 1.807) is 6.92 Å². The Morgan fingerprint density at radius 2 is 1.88 bits per heavy atom. The molecule has 1 atom stereocenters. The number of amides is 1. The van der Waals surface area contributed by atoms with Gasteiger partial charge in [0.2, 0.25) is 0 Å². The van der Waals surface area contributed by atoms with Crippen LogP contribution in [0.1, 0.15) is 23.7 Å². The van der Waals surface area contributed by atoms with Crippen LogP contribution in [0.5, 0.6) is 0 Å². The summed E-state index contributed by atoms with van der Waals surface area (Å²) in [5, 5.41) is 1.60. The molecular formula is C18H16F3NO3S. The topological polar surface area (TPSA) is 55.4 Å². The highest BCUT2D eigenvalue weighted by molar-refractivity contribution is 8.00. The number of rotatable bonds is 6. The lowest BCUT2D eigenvalue weighted by molar-refractivity contribution is -0.140. The van der Waals surface area contributed by atoms with Crippen molar-refractivity contribution < 1.29 is 27.5 Å². The summed E-state index contributed by atoms with van der Waals surface area (Å²) in [4.78, 5) is 23.8. The number of esters is 1. The Hall–Kier alpha value is -2.48. The fourth-order valence-electron chi connectivity index (χ4n) is 2.12. The van der Waals surface area contributed by atoms with E-state index in [1.165, 1.54) is 25.3 Å². The first-order valence-electron chi connectivity index (χ1n) is 7.66. The number of nitrogens with one attached hydrogen (secondary N) is 1. The van der Waals surface area contributed by atoms with Gasteiger partial charge in [0.25, 0.3) is 5.91 Å². The summed E-state index contributed by atoms with van der Waals surface area (Å²) in [6.07, 6.45) is 0.374. The average molecular weight is 383 g/mol. The van der Waals surface area contributed by atoms with Crippen molar-refractivity contribution in [1.82, 2.24) is 0 Å². The molecule has 0 aromatic heterocycles. The van der Waals surface area contributed by atoms with Crippen molar-refractivity contribution in [3.05, 3.63) is 59.4 Å². The summed E-state index contributed by atoms with van der Waals surface area (Å²) in [6, 6.07) is 6.58. The minimum atomic E-state index is -0.984. The first kappa shape index (κ1) is 19.8. The number of anilines is 1. The standard InChI is InChI=1S/C18H16F3NO3S/c1-3-15(18(24)25-2)26-16-9-14(12(20)8-13(16)21)22-17(23)10-5-4-6-11(19)7-10/h4-9,15H,3H2,1-2H3,(H,22,23). The van der Waals surface area contributed by atoms with Crippen LogP contribution >= 0.6 is 11.8 Å². The van der Waals surface area contributed by atoms with Crippen molar-refractivity contribution in [2.75, 3.05) is 12.4 Å². The molecule has 8 heteroatoms. The zero-order chi connectivity index (χ0) is 19.3. The summed E-state index contributed by atoms with van der Waals surface area (Å²) in [6.45, 7) is 1.72. The number of hydrogen-bond acceptors (Lipinski definition) is 4. The summed E-state index contributed by atoms with van der Waals surface area (Å²) < 4.78 is 45.9. The molecule has 2 rings (SSSR count). The Kier molecular flexibility index (Phi) is 6.68. The second-order valence-electron chi connectivity index (χ2n) is 5.26. The number of thioether (sulfide) groups is 1. The molecule has 1 unspecified atom stereocenters. The fourth-order valence-corrected chi connectivity index (χ4v) is 3.15. The quantitative estimate of drug-likeness (QED) is 0.593. The summed E-state index contributed by atoms with van der Waals surface area (Å²) in [7, 11) is 1.22. The average Bonchev–Trinajstić information content (AvgIpc) is 2.62. The minimum Gasteiger partial charge on any atom is -0.468 e. The molecule has 0 fully saturated rings. The van der Waals surface area contributed by atoms with Crippen LogP contribution in [-0.4, -0.2) is 24.2 Å². The Morgan fingerprint density at radius 1 is 1.15 bits per heavy atom. The van der Waals surface area contributed by atoms with Gasteiger partial charge in [0, 0.05) is 16.5 Å². The Balaban J connectivity index is 2.26. The van der Waals surface area contributed by atoms with Gasteiger partial charge in [-0.3, -0.25) is 9.59 Å². The molecule has 0 aliphatic carbocycles. The zero-order valence-corrected chi connectivity index (χ0v) is 14.8. The third-order valence-electron chi connectivity index (χ3n) is 3.46. The van der Waals surface area contributed by atoms with Gasteiger partial charge in [0.05, 0.1) is 12.8 Å². The van der Waals surface area contributed by atoms with Crippen molar-refractivity contribution in [2.45, 2.75) is 23.5 Å². The van der Waals surface area contributed by atoms with Gasteiger partial charge in [0.1, 0.15) is 22.7 Å². The highest BCUT2D eigenvalue weighted by Gasteiger charge is 2.22. The van der Waals surface area contributed by atoms with Gasteiger partial charge >= 0.3 is 5.97 Å². The van der Waals surface area contributed by atoms with E-state index in [4.69, 9.17) is 0 Å². The lowest BCUT2D eigenvalue weighted by Gasteiger charge is -2.14. The van der Waals surface area contributed by atoms with Crippen molar-refractivity contribution in [2.24, 2.45) is 0 Å². The molecule has 138 valence electrons. The van der Waals surface area contributed by atoms with E-state index in [1.807, 2.05) is 0 Å². The molecule has 0 aliphatic heterocycles. The van der Waals surface area contributed by atoms with Crippen LogP contribution in [0.3, 0.4) is 0 Å². The number of carbonyl (C=O) groups excluding carboxylic acids is 2. The van der Waals surface area contributed by atoms with Crippen LogP contribution in [0.15, 0.2) is 41.3 Å². The van der Waals surface area contributed by atoms with E-state index >= 15 is 0 Å². The normalized spacial score (nSPS) is 11.7. The highest BCUT2D eigenvalue weighted by atomic mass is 32.2. The van der Waals surface area contributed by atoms with Gasteiger partial charge in [-0.15, -0.1) is 11.8 Å². The Bertz CT molecular complexity index is 829. The van der Waals surface area contributed by atoms with Gasteiger partial charge in [-0.1, -0.05) is 13.0 Å². The van der Waals surface area contributed by atoms with Gasteiger partial charge in [0.15, 0.2) is 0 Å². The maximum Gasteiger partial charge on any atom is 0.319 e. The number of hydrogen-bond donors (Lipinski definition) is 1. The lowest BCUT2D eigenvalue weighted by Crippen LogP contribution is -2.18. The van der Waals surface area contributed by atoms with E-state index in [2.05, 4.69) is 10.1 Å². The summed E-state index contributed by atoms with van der Waals surface area (Å²) in [5.74, 6) is -3.74. The van der Waals surface area contributed by atoms with Crippen LogP contribution in [-0.2, 0) is 9.53 Å². The molecule has 1 N–H and O–H groups in total. The SMILES string of the molecule is CCC(Sc1cc(NC(=O)c2cccc(F)c2)c(F)cc1F)C(=O)OC. The van der Waals surface area contributed by atoms with Crippen molar-refractivity contribution in [3.8, 4) is 0 Å². The molecule has 0 aliphatic rings. The number of methoxy groups -OCH3 is 1. The number of benzene rings is 2. The molecule has 0 spiro atoms. The molecular weight excluding hydrogens is 367 g/mol. The maximum atomic E-state index is 14.0. The second-order valence-corrected chi connectivity index (χ2v) is 6.51. The third-order valence-corrected chi connectivity index (χ3v) is 4.84. The van der Waals surface area contributed by atoms with E-state index in [0.29, 0.717) is 12.5 Å². The highest BCUT2D eigenvalue weighted by Crippen LogP contribution is 2.32. The summed E-state index contributed by atoms with van der Waals surface area (Å²) in [5.41, 5.74) is -0.285. The first-order chi connectivity index (χ1) is 12.3. The lowest BCUT2D eigenvalue weighted by atomic mass is 10.2. The number of carbonyl (C=O) groups is 2. The monoisotopic (exact) mass is 383 g/mol. The van der Waals surface area contributed by atoms with Gasteiger partial charge in [-0.2, -0.15) is 0 Å². The van der Waals surface area contributed by atoms with Crippen molar-refractivity contribution >= 4 is 29.3 Å². The molecule has 26 heavy (non-hydrogen) atoms. The predicted molar refractivity (Wildman–Crippen MR) is 92.7 cm³/mol. The van der Waals surface area contributed by atoms with E-state index in [9.17, 15) is 22.8 Å². The van der Waals surface area contributed by atoms with Gasteiger partial charge in [-0.25, -0.2) is 13.2 Å². The minimum absolute atomic E-state index is 0.0103. The number of halogens is 3. The van der Waals surface area contributed by atoms with Crippen LogP contribution in [0.2, 0.25) is 0 Å². The van der Waals surface area contributed by atoms with Crippen LogP contribution in [0, 0.1) is 17.5 Å². The molecule has 2 aromatic carbocycles. The Morgan fingerprint density at radius 3 is 2.50 bits per heavy atom. The second kappa shape index (κ2) is 8.75. The summed E-state index contributed by atoms with van der Waals surface area (Å²) >= 11 is 0.869. The zero-order valence-electron chi connectivity index (χ0n) is 14.0. The Labute approximate surface area is 152 Å². The van der Waals surface area contributed by atoms with Crippen molar-refractivity contribution in [3.63, 3.8) is 0 Å². The number of ether oxygens (including phenoxy) is 1. The smallest absolute Gasteiger partial charge is 0.319 e. The van der Waals surface area contributed by atoms with Crippen LogP contribution in [0.25, 0.3) is 0 Å². The predicted octanol–water partition coefficient (Wildman–Crippen LogP) is 4.40. The molecule has 0 radical (unpaired) electrons. The van der Waals surface area contributed by atoms with E-state index in [-0.39, 0.29) is 16.1 Å². The molecule has 0 bridgehead atoms. The van der Waals surface area contributed by atoms with Gasteiger partial charge < -0.3 is 10.1 Å². The molecule has 0 saturated heterocycles. The first-order valence-corrected chi connectivity index (χ1v) is 8.54. The molecule has 0 heterocycles. The van der Waals surface area contributed by atoms with Crippen molar-refractivity contribution in [1.29, 1.82) is 0 Å². The molecule has 4 nitrogen and oxygen atoms in total.